The number of nitrogens with zero attached hydrogens (tertiary/aromatic N) is 1. The van der Waals surface area contributed by atoms with E-state index in [2.05, 4.69) is 15.8 Å². The largest absolute Gasteiger partial charge is 0.454 e. The molecule has 0 spiro atoms. The molecule has 0 saturated carbocycles. The number of fused-ring (bicyclic) bond motifs is 1. The lowest BCUT2D eigenvalue weighted by Crippen LogP contribution is -2.32. The molecule has 3 rings (SSSR count). The summed E-state index contributed by atoms with van der Waals surface area (Å²) in [4.78, 5) is 23.7. The minimum atomic E-state index is -0.892. The molecule has 1 aliphatic heterocycles. The van der Waals surface area contributed by atoms with Gasteiger partial charge in [-0.25, -0.2) is 5.43 Å². The van der Waals surface area contributed by atoms with E-state index in [4.69, 9.17) is 21.1 Å². The SMILES string of the molecule is Cc1ccc(Cl)cc1NC(=O)C(=O)N/N=C/c1ccc2c(c1)OCO2. The van der Waals surface area contributed by atoms with Gasteiger partial charge in [-0.2, -0.15) is 5.10 Å². The van der Waals surface area contributed by atoms with Crippen molar-refractivity contribution in [1.29, 1.82) is 0 Å². The Balaban J connectivity index is 1.58. The lowest BCUT2D eigenvalue weighted by molar-refractivity contribution is -0.136. The summed E-state index contributed by atoms with van der Waals surface area (Å²) in [5.74, 6) is -0.480. The number of halogens is 1. The van der Waals surface area contributed by atoms with Gasteiger partial charge in [0.15, 0.2) is 11.5 Å². The number of aryl methyl sites for hydroxylation is 1. The number of benzene rings is 2. The molecule has 2 aromatic carbocycles. The van der Waals surface area contributed by atoms with Gasteiger partial charge in [-0.1, -0.05) is 17.7 Å². The number of nitrogens with one attached hydrogen (secondary N) is 2. The van der Waals surface area contributed by atoms with Gasteiger partial charge in [0.2, 0.25) is 6.79 Å². The first kappa shape index (κ1) is 16.8. The highest BCUT2D eigenvalue weighted by molar-refractivity contribution is 6.40. The van der Waals surface area contributed by atoms with Gasteiger partial charge in [0.05, 0.1) is 6.21 Å². The molecule has 0 radical (unpaired) electrons. The maximum atomic E-state index is 11.9. The zero-order chi connectivity index (χ0) is 17.8. The molecule has 25 heavy (non-hydrogen) atoms. The normalized spacial score (nSPS) is 12.2. The molecule has 0 fully saturated rings. The number of amides is 2. The van der Waals surface area contributed by atoms with E-state index in [-0.39, 0.29) is 6.79 Å². The molecule has 0 saturated heterocycles. The average molecular weight is 360 g/mol. The molecule has 0 aliphatic carbocycles. The van der Waals surface area contributed by atoms with Gasteiger partial charge in [-0.3, -0.25) is 9.59 Å². The van der Waals surface area contributed by atoms with Crippen molar-refractivity contribution in [3.05, 3.63) is 52.5 Å². The van der Waals surface area contributed by atoms with Crippen LogP contribution in [0.15, 0.2) is 41.5 Å². The van der Waals surface area contributed by atoms with E-state index in [1.807, 2.05) is 0 Å². The van der Waals surface area contributed by atoms with Gasteiger partial charge in [-0.05, 0) is 48.4 Å². The maximum absolute atomic E-state index is 11.9. The zero-order valence-corrected chi connectivity index (χ0v) is 14.0. The standard InChI is InChI=1S/C17H14ClN3O4/c1-10-2-4-12(18)7-13(10)20-16(22)17(23)21-19-8-11-3-5-14-15(6-11)25-9-24-14/h2-8H,9H2,1H3,(H,20,22)(H,21,23)/b19-8+. The molecule has 0 bridgehead atoms. The third-order valence-corrected chi connectivity index (χ3v) is 3.67. The maximum Gasteiger partial charge on any atom is 0.329 e. The number of rotatable bonds is 3. The van der Waals surface area contributed by atoms with Crippen LogP contribution in [0.4, 0.5) is 5.69 Å². The fraction of sp³-hybridized carbons (Fsp3) is 0.118. The highest BCUT2D eigenvalue weighted by Crippen LogP contribution is 2.31. The molecular formula is C17H14ClN3O4. The van der Waals surface area contributed by atoms with E-state index in [0.717, 1.165) is 5.56 Å². The summed E-state index contributed by atoms with van der Waals surface area (Å²) in [5, 5.41) is 6.71. The molecule has 0 atom stereocenters. The minimum absolute atomic E-state index is 0.176. The predicted octanol–water partition coefficient (Wildman–Crippen LogP) is 2.47. The number of carbonyl (C=O) groups is 2. The van der Waals surface area contributed by atoms with Crippen LogP contribution in [-0.2, 0) is 9.59 Å². The van der Waals surface area contributed by atoms with Crippen LogP contribution < -0.4 is 20.2 Å². The molecule has 1 aliphatic rings. The van der Waals surface area contributed by atoms with Crippen LogP contribution in [0, 0.1) is 6.92 Å². The molecule has 2 amide bonds. The Morgan fingerprint density at radius 3 is 2.76 bits per heavy atom. The smallest absolute Gasteiger partial charge is 0.329 e. The van der Waals surface area contributed by atoms with Gasteiger partial charge < -0.3 is 14.8 Å². The fourth-order valence-corrected chi connectivity index (χ4v) is 2.29. The molecule has 0 unspecified atom stereocenters. The molecule has 2 aromatic rings. The van der Waals surface area contributed by atoms with Crippen molar-refractivity contribution in [2.75, 3.05) is 12.1 Å². The first-order valence-electron chi connectivity index (χ1n) is 7.33. The van der Waals surface area contributed by atoms with Crippen LogP contribution in [0.5, 0.6) is 11.5 Å². The Morgan fingerprint density at radius 1 is 1.12 bits per heavy atom. The third kappa shape index (κ3) is 4.07. The number of hydrogen-bond acceptors (Lipinski definition) is 5. The Labute approximate surface area is 148 Å². The van der Waals surface area contributed by atoms with Gasteiger partial charge in [-0.15, -0.1) is 0 Å². The number of anilines is 1. The van der Waals surface area contributed by atoms with Crippen LogP contribution in [0.1, 0.15) is 11.1 Å². The Hall–Kier alpha value is -3.06. The van der Waals surface area contributed by atoms with Crippen molar-refractivity contribution in [3.63, 3.8) is 0 Å². The molecule has 2 N–H and O–H groups in total. The van der Waals surface area contributed by atoms with Crippen molar-refractivity contribution < 1.29 is 19.1 Å². The summed E-state index contributed by atoms with van der Waals surface area (Å²) in [6, 6.07) is 10.2. The zero-order valence-electron chi connectivity index (χ0n) is 13.2. The summed E-state index contributed by atoms with van der Waals surface area (Å²) in [7, 11) is 0. The minimum Gasteiger partial charge on any atom is -0.454 e. The van der Waals surface area contributed by atoms with Gasteiger partial charge in [0.25, 0.3) is 0 Å². The number of hydrogen-bond donors (Lipinski definition) is 2. The van der Waals surface area contributed by atoms with Crippen LogP contribution in [-0.4, -0.2) is 24.8 Å². The summed E-state index contributed by atoms with van der Waals surface area (Å²) in [5.41, 5.74) is 4.11. The van der Waals surface area contributed by atoms with Crippen LogP contribution in [0.25, 0.3) is 0 Å². The van der Waals surface area contributed by atoms with Gasteiger partial charge >= 0.3 is 11.8 Å². The van der Waals surface area contributed by atoms with Crippen molar-refractivity contribution in [3.8, 4) is 11.5 Å². The van der Waals surface area contributed by atoms with Crippen LogP contribution >= 0.6 is 11.6 Å². The topological polar surface area (TPSA) is 89.0 Å². The van der Waals surface area contributed by atoms with E-state index < -0.39 is 11.8 Å². The number of carbonyl (C=O) groups excluding carboxylic acids is 2. The average Bonchev–Trinajstić information content (AvgIpc) is 3.05. The first-order valence-corrected chi connectivity index (χ1v) is 7.71. The van der Waals surface area contributed by atoms with E-state index in [0.29, 0.717) is 27.8 Å². The Kier molecular flexibility index (Phi) is 4.85. The van der Waals surface area contributed by atoms with Crippen molar-refractivity contribution in [1.82, 2.24) is 5.43 Å². The van der Waals surface area contributed by atoms with Crippen LogP contribution in [0.3, 0.4) is 0 Å². The van der Waals surface area contributed by atoms with E-state index in [1.54, 1.807) is 43.3 Å². The second-order valence-corrected chi connectivity index (χ2v) is 5.66. The lowest BCUT2D eigenvalue weighted by Gasteiger charge is -2.07. The summed E-state index contributed by atoms with van der Waals surface area (Å²) >= 11 is 5.88. The summed E-state index contributed by atoms with van der Waals surface area (Å²) in [6.45, 7) is 1.97. The summed E-state index contributed by atoms with van der Waals surface area (Å²) in [6.07, 6.45) is 1.40. The predicted molar refractivity (Wildman–Crippen MR) is 93.1 cm³/mol. The second kappa shape index (κ2) is 7.23. The lowest BCUT2D eigenvalue weighted by atomic mass is 10.2. The van der Waals surface area contributed by atoms with Gasteiger partial charge in [0.1, 0.15) is 0 Å². The Morgan fingerprint density at radius 2 is 1.92 bits per heavy atom. The highest BCUT2D eigenvalue weighted by Gasteiger charge is 2.15. The quantitative estimate of drug-likeness (QED) is 0.500. The monoisotopic (exact) mass is 359 g/mol. The number of hydrazone groups is 1. The fourth-order valence-electron chi connectivity index (χ4n) is 2.12. The summed E-state index contributed by atoms with van der Waals surface area (Å²) < 4.78 is 10.4. The van der Waals surface area contributed by atoms with Crippen molar-refractivity contribution in [2.45, 2.75) is 6.92 Å². The molecule has 7 nitrogen and oxygen atoms in total. The van der Waals surface area contributed by atoms with Crippen LogP contribution in [0.2, 0.25) is 5.02 Å². The van der Waals surface area contributed by atoms with E-state index in [1.165, 1.54) is 6.21 Å². The number of ether oxygens (including phenoxy) is 2. The van der Waals surface area contributed by atoms with E-state index in [9.17, 15) is 9.59 Å². The van der Waals surface area contributed by atoms with Gasteiger partial charge in [0, 0.05) is 10.7 Å². The first-order chi connectivity index (χ1) is 12.0. The second-order valence-electron chi connectivity index (χ2n) is 5.23. The molecule has 128 valence electrons. The molecule has 1 heterocycles. The molecular weight excluding hydrogens is 346 g/mol. The van der Waals surface area contributed by atoms with Crippen molar-refractivity contribution in [2.24, 2.45) is 5.10 Å². The van der Waals surface area contributed by atoms with E-state index >= 15 is 0 Å². The molecule has 8 heteroatoms. The Bertz CT molecular complexity index is 867. The third-order valence-electron chi connectivity index (χ3n) is 3.43. The molecule has 0 aromatic heterocycles. The highest BCUT2D eigenvalue weighted by atomic mass is 35.5. The van der Waals surface area contributed by atoms with Crippen molar-refractivity contribution >= 4 is 35.3 Å².